The average molecular weight is 268 g/mol. The molecule has 0 bridgehead atoms. The lowest BCUT2D eigenvalue weighted by Gasteiger charge is -2.31. The monoisotopic (exact) mass is 268 g/mol. The quantitative estimate of drug-likeness (QED) is 0.762. The smallest absolute Gasteiger partial charge is 0.328 e. The summed E-state index contributed by atoms with van der Waals surface area (Å²) in [5.41, 5.74) is 6.05. The number of hydrogen-bond acceptors (Lipinski definition) is 4. The summed E-state index contributed by atoms with van der Waals surface area (Å²) in [5.74, 6) is 0.217. The van der Waals surface area contributed by atoms with Crippen molar-refractivity contribution in [1.29, 1.82) is 0 Å². The maximum Gasteiger partial charge on any atom is 0.328 e. The van der Waals surface area contributed by atoms with Gasteiger partial charge in [0, 0.05) is 12.5 Å². The zero-order valence-corrected chi connectivity index (χ0v) is 12.3. The van der Waals surface area contributed by atoms with Gasteiger partial charge in [-0.2, -0.15) is 0 Å². The molecule has 1 amide bonds. The third-order valence-electron chi connectivity index (χ3n) is 4.94. The molecule has 1 heterocycles. The van der Waals surface area contributed by atoms with Gasteiger partial charge >= 0.3 is 5.97 Å². The van der Waals surface area contributed by atoms with Crippen molar-refractivity contribution >= 4 is 11.9 Å². The molecule has 4 atom stereocenters. The van der Waals surface area contributed by atoms with Crippen LogP contribution in [0.15, 0.2) is 0 Å². The van der Waals surface area contributed by atoms with E-state index in [9.17, 15) is 9.59 Å². The maximum atomic E-state index is 12.4. The van der Waals surface area contributed by atoms with Crippen LogP contribution in [0.2, 0.25) is 0 Å². The lowest BCUT2D eigenvalue weighted by atomic mass is 9.98. The third-order valence-corrected chi connectivity index (χ3v) is 4.94. The second-order valence-electron chi connectivity index (χ2n) is 6.68. The van der Waals surface area contributed by atoms with Crippen molar-refractivity contribution in [3.8, 4) is 0 Å². The molecule has 1 aliphatic heterocycles. The van der Waals surface area contributed by atoms with E-state index in [1.165, 1.54) is 7.11 Å². The molecule has 0 aromatic heterocycles. The number of likely N-dealkylation sites (tertiary alicyclic amines) is 1. The first kappa shape index (κ1) is 14.3. The lowest BCUT2D eigenvalue weighted by Crippen LogP contribution is -2.53. The van der Waals surface area contributed by atoms with Crippen LogP contribution in [-0.2, 0) is 14.3 Å². The van der Waals surface area contributed by atoms with Gasteiger partial charge in [0.2, 0.25) is 5.91 Å². The van der Waals surface area contributed by atoms with E-state index in [2.05, 4.69) is 13.8 Å². The zero-order valence-electron chi connectivity index (χ0n) is 12.3. The van der Waals surface area contributed by atoms with Crippen molar-refractivity contribution in [2.24, 2.45) is 28.9 Å². The van der Waals surface area contributed by atoms with Gasteiger partial charge in [-0.1, -0.05) is 27.7 Å². The van der Waals surface area contributed by atoms with Crippen molar-refractivity contribution in [2.45, 2.75) is 39.8 Å². The van der Waals surface area contributed by atoms with Crippen LogP contribution in [0, 0.1) is 23.2 Å². The molecule has 0 spiro atoms. The summed E-state index contributed by atoms with van der Waals surface area (Å²) < 4.78 is 4.87. The predicted molar refractivity (Wildman–Crippen MR) is 71.1 cm³/mol. The highest BCUT2D eigenvalue weighted by Gasteiger charge is 2.69. The van der Waals surface area contributed by atoms with Crippen LogP contribution in [-0.4, -0.2) is 42.5 Å². The highest BCUT2D eigenvalue weighted by molar-refractivity contribution is 5.89. The Kier molecular flexibility index (Phi) is 3.37. The van der Waals surface area contributed by atoms with E-state index in [0.29, 0.717) is 12.5 Å². The molecule has 2 rings (SSSR count). The number of esters is 1. The molecule has 2 N–H and O–H groups in total. The van der Waals surface area contributed by atoms with Gasteiger partial charge in [-0.25, -0.2) is 4.79 Å². The Bertz CT molecular complexity index is 405. The summed E-state index contributed by atoms with van der Waals surface area (Å²) in [6, 6.07) is -1.00. The predicted octanol–water partition coefficient (Wildman–Crippen LogP) is 0.626. The van der Waals surface area contributed by atoms with Gasteiger partial charge in [-0.3, -0.25) is 4.79 Å². The molecule has 19 heavy (non-hydrogen) atoms. The van der Waals surface area contributed by atoms with Crippen LogP contribution < -0.4 is 5.73 Å². The Morgan fingerprint density at radius 1 is 1.37 bits per heavy atom. The van der Waals surface area contributed by atoms with E-state index in [-0.39, 0.29) is 29.1 Å². The number of piperidine rings is 1. The second kappa shape index (κ2) is 4.47. The van der Waals surface area contributed by atoms with Gasteiger partial charge in [0.1, 0.15) is 6.04 Å². The number of amides is 1. The third kappa shape index (κ3) is 2.04. The molecule has 1 saturated heterocycles. The number of rotatable bonds is 3. The van der Waals surface area contributed by atoms with Crippen molar-refractivity contribution in [1.82, 2.24) is 4.90 Å². The van der Waals surface area contributed by atoms with E-state index in [1.54, 1.807) is 4.90 Å². The second-order valence-corrected chi connectivity index (χ2v) is 6.68. The summed E-state index contributed by atoms with van der Waals surface area (Å²) >= 11 is 0. The van der Waals surface area contributed by atoms with Gasteiger partial charge in [0.05, 0.1) is 13.2 Å². The van der Waals surface area contributed by atoms with Gasteiger partial charge in [0.25, 0.3) is 0 Å². The zero-order chi connectivity index (χ0) is 14.5. The molecule has 0 aromatic rings. The molecule has 0 unspecified atom stereocenters. The van der Waals surface area contributed by atoms with Gasteiger partial charge < -0.3 is 15.4 Å². The normalized spacial score (nSPS) is 33.0. The molecule has 2 fully saturated rings. The maximum absolute atomic E-state index is 12.4. The summed E-state index contributed by atoms with van der Waals surface area (Å²) in [6.07, 6.45) is 0. The SMILES string of the molecule is COC(=O)[C@@H]1[C@@H]2[C@H](CN1C(=O)[C@@H](N)C(C)C)C2(C)C. The van der Waals surface area contributed by atoms with Crippen LogP contribution >= 0.6 is 0 Å². The number of carbonyl (C=O) groups is 2. The Morgan fingerprint density at radius 3 is 2.42 bits per heavy atom. The number of carbonyl (C=O) groups excluding carboxylic acids is 2. The molecular formula is C14H24N2O3. The van der Waals surface area contributed by atoms with Crippen molar-refractivity contribution < 1.29 is 14.3 Å². The van der Waals surface area contributed by atoms with Gasteiger partial charge in [-0.15, -0.1) is 0 Å². The van der Waals surface area contributed by atoms with Crippen LogP contribution in [0.1, 0.15) is 27.7 Å². The van der Waals surface area contributed by atoms with Crippen molar-refractivity contribution in [2.75, 3.05) is 13.7 Å². The van der Waals surface area contributed by atoms with Gasteiger partial charge in [0.15, 0.2) is 0 Å². The van der Waals surface area contributed by atoms with Crippen LogP contribution in [0.4, 0.5) is 0 Å². The molecule has 1 aliphatic carbocycles. The first-order chi connectivity index (χ1) is 8.73. The first-order valence-electron chi connectivity index (χ1n) is 6.87. The Morgan fingerprint density at radius 2 is 1.95 bits per heavy atom. The Hall–Kier alpha value is -1.10. The number of hydrogen-bond donors (Lipinski definition) is 1. The van der Waals surface area contributed by atoms with E-state index < -0.39 is 12.1 Å². The molecule has 2 aliphatic rings. The van der Waals surface area contributed by atoms with E-state index >= 15 is 0 Å². The highest BCUT2D eigenvalue weighted by atomic mass is 16.5. The fraction of sp³-hybridized carbons (Fsp3) is 0.857. The highest BCUT2D eigenvalue weighted by Crippen LogP contribution is 2.65. The largest absolute Gasteiger partial charge is 0.467 e. The molecule has 5 nitrogen and oxygen atoms in total. The Labute approximate surface area is 114 Å². The fourth-order valence-electron chi connectivity index (χ4n) is 3.38. The first-order valence-corrected chi connectivity index (χ1v) is 6.87. The minimum atomic E-state index is -0.548. The molecule has 1 saturated carbocycles. The van der Waals surface area contributed by atoms with Crippen molar-refractivity contribution in [3.05, 3.63) is 0 Å². The summed E-state index contributed by atoms with van der Waals surface area (Å²) in [7, 11) is 1.37. The number of nitrogens with two attached hydrogens (primary N) is 1. The standard InChI is InChI=1S/C14H24N2O3/c1-7(2)10(15)12(17)16-6-8-9(14(8,3)4)11(16)13(18)19-5/h7-11H,6,15H2,1-5H3/t8-,9-,10-,11-/m0/s1. The molecule has 0 aromatic carbocycles. The number of nitrogens with zero attached hydrogens (tertiary/aromatic N) is 1. The summed E-state index contributed by atoms with van der Waals surface area (Å²) in [4.78, 5) is 26.0. The minimum Gasteiger partial charge on any atom is -0.467 e. The Balaban J connectivity index is 2.19. The lowest BCUT2D eigenvalue weighted by molar-refractivity contribution is -0.153. The van der Waals surface area contributed by atoms with Crippen LogP contribution in [0.5, 0.6) is 0 Å². The van der Waals surface area contributed by atoms with Crippen molar-refractivity contribution in [3.63, 3.8) is 0 Å². The molecule has 5 heteroatoms. The number of fused-ring (bicyclic) bond motifs is 1. The average Bonchev–Trinajstić information content (AvgIpc) is 2.76. The topological polar surface area (TPSA) is 72.6 Å². The van der Waals surface area contributed by atoms with E-state index in [4.69, 9.17) is 10.5 Å². The molecular weight excluding hydrogens is 244 g/mol. The van der Waals surface area contributed by atoms with Crippen LogP contribution in [0.3, 0.4) is 0 Å². The summed E-state index contributed by atoms with van der Waals surface area (Å²) in [6.45, 7) is 8.73. The number of methoxy groups -OCH3 is 1. The van der Waals surface area contributed by atoms with Gasteiger partial charge in [-0.05, 0) is 17.3 Å². The minimum absolute atomic E-state index is 0.0655. The van der Waals surface area contributed by atoms with Crippen LogP contribution in [0.25, 0.3) is 0 Å². The molecule has 108 valence electrons. The van der Waals surface area contributed by atoms with E-state index in [0.717, 1.165) is 0 Å². The number of ether oxygens (including phenoxy) is 1. The molecule has 0 radical (unpaired) electrons. The summed E-state index contributed by atoms with van der Waals surface area (Å²) in [5, 5.41) is 0. The van der Waals surface area contributed by atoms with E-state index in [1.807, 2.05) is 13.8 Å². The fourth-order valence-corrected chi connectivity index (χ4v) is 3.38.